The number of likely N-dealkylation sites (N-methyl/N-ethyl adjacent to an activating group) is 1. The van der Waals surface area contributed by atoms with Crippen LogP contribution < -0.4 is 16.0 Å². The topological polar surface area (TPSA) is 143 Å². The molecule has 2 aromatic heterocycles. The van der Waals surface area contributed by atoms with Crippen molar-refractivity contribution < 1.29 is 19.1 Å². The van der Waals surface area contributed by atoms with Crippen LogP contribution in [0.3, 0.4) is 0 Å². The molecule has 4 aromatic rings. The van der Waals surface area contributed by atoms with Gasteiger partial charge in [-0.2, -0.15) is 5.10 Å². The summed E-state index contributed by atoms with van der Waals surface area (Å²) in [5, 5.41) is 14.1. The third kappa shape index (κ3) is 6.70. The molecule has 3 heterocycles. The van der Waals surface area contributed by atoms with Gasteiger partial charge in [0.05, 0.1) is 29.1 Å². The number of aryl methyl sites for hydroxylation is 1. The van der Waals surface area contributed by atoms with Crippen LogP contribution in [0.1, 0.15) is 93.3 Å². The van der Waals surface area contributed by atoms with E-state index in [1.807, 2.05) is 70.2 Å². The summed E-state index contributed by atoms with van der Waals surface area (Å²) in [5.74, 6) is -0.384. The number of carbonyl (C=O) groups is 3. The van der Waals surface area contributed by atoms with E-state index in [1.54, 1.807) is 16.9 Å². The van der Waals surface area contributed by atoms with Crippen LogP contribution in [0.25, 0.3) is 11.0 Å². The zero-order valence-corrected chi connectivity index (χ0v) is 29.6. The van der Waals surface area contributed by atoms with Crippen molar-refractivity contribution in [1.82, 2.24) is 35.7 Å². The van der Waals surface area contributed by atoms with Gasteiger partial charge in [0.1, 0.15) is 17.6 Å². The van der Waals surface area contributed by atoms with Gasteiger partial charge in [0, 0.05) is 36.8 Å². The van der Waals surface area contributed by atoms with Gasteiger partial charge in [-0.25, -0.2) is 4.98 Å². The Morgan fingerprint density at radius 1 is 1.06 bits per heavy atom. The molecule has 11 nitrogen and oxygen atoms in total. The van der Waals surface area contributed by atoms with Gasteiger partial charge in [0.25, 0.3) is 5.91 Å². The molecule has 0 radical (unpaired) electrons. The van der Waals surface area contributed by atoms with Gasteiger partial charge in [-0.15, -0.1) is 0 Å². The van der Waals surface area contributed by atoms with Gasteiger partial charge in [-0.05, 0) is 79.8 Å². The molecule has 12 heteroatoms. The van der Waals surface area contributed by atoms with Crippen molar-refractivity contribution in [3.8, 4) is 0 Å². The lowest BCUT2D eigenvalue weighted by Crippen LogP contribution is -2.55. The van der Waals surface area contributed by atoms with Gasteiger partial charge in [0.2, 0.25) is 11.8 Å². The minimum absolute atomic E-state index is 0.102. The molecular formula is C37H46ClN7O4. The van der Waals surface area contributed by atoms with Crippen molar-refractivity contribution in [2.45, 2.75) is 83.8 Å². The number of ether oxygens (including phenoxy) is 1. The third-order valence-electron chi connectivity index (χ3n) is 10.3. The molecule has 260 valence electrons. The Morgan fingerprint density at radius 3 is 2.49 bits per heavy atom. The lowest BCUT2D eigenvalue weighted by molar-refractivity contribution is -0.133. The molecule has 1 saturated carbocycles. The number of rotatable bonds is 13. The summed E-state index contributed by atoms with van der Waals surface area (Å²) in [5.41, 5.74) is 2.52. The second kappa shape index (κ2) is 14.0. The highest BCUT2D eigenvalue weighted by atomic mass is 35.5. The maximum atomic E-state index is 14.1. The molecule has 1 aliphatic carbocycles. The summed E-state index contributed by atoms with van der Waals surface area (Å²) >= 11 is 6.85. The zero-order valence-electron chi connectivity index (χ0n) is 28.8. The molecule has 1 aliphatic heterocycles. The van der Waals surface area contributed by atoms with Crippen LogP contribution in [0.2, 0.25) is 5.02 Å². The first-order chi connectivity index (χ1) is 23.5. The number of H-pyrrole nitrogens is 1. The quantitative estimate of drug-likeness (QED) is 0.148. The summed E-state index contributed by atoms with van der Waals surface area (Å²) in [6, 6.07) is 14.1. The molecule has 1 unspecified atom stereocenters. The number of amides is 3. The molecule has 1 saturated heterocycles. The van der Waals surface area contributed by atoms with E-state index >= 15 is 0 Å². The summed E-state index contributed by atoms with van der Waals surface area (Å²) in [6.45, 7) is 11.5. The van der Waals surface area contributed by atoms with Crippen LogP contribution in [0.4, 0.5) is 0 Å². The predicted octanol–water partition coefficient (Wildman–Crippen LogP) is 5.42. The summed E-state index contributed by atoms with van der Waals surface area (Å²) < 4.78 is 7.49. The molecular weight excluding hydrogens is 642 g/mol. The van der Waals surface area contributed by atoms with Crippen molar-refractivity contribution in [3.05, 3.63) is 82.4 Å². The molecule has 2 fully saturated rings. The minimum Gasteiger partial charge on any atom is -0.380 e. The second-order valence-corrected chi connectivity index (χ2v) is 14.4. The standard InChI is InChI=1S/C37H46ClN7O4/c1-6-39-34(47)30(22(3)4)44-35(48)37(17-19-49-21-37)23-12-13-26-27(20-23)42-32(41-26)31(43-33(46)28-14-18-40-45(28)7-2)29(36(5)15-16-36)24-10-8-9-11-25(24)38/h8-14,18,20,22,29-31H,6-7,15-17,19,21H2,1-5H3,(H,39,47)(H,41,42)(H,43,46)(H,44,48)/t29-,30+,31-,37?/m0/s1. The molecule has 3 amide bonds. The van der Waals surface area contributed by atoms with Gasteiger partial charge in [-0.1, -0.05) is 56.6 Å². The van der Waals surface area contributed by atoms with Crippen LogP contribution in [0, 0.1) is 11.3 Å². The van der Waals surface area contributed by atoms with E-state index in [9.17, 15) is 14.4 Å². The molecule has 6 rings (SSSR count). The number of carbonyl (C=O) groups excluding carboxylic acids is 3. The van der Waals surface area contributed by atoms with E-state index in [0.717, 1.165) is 29.5 Å². The Morgan fingerprint density at radius 2 is 1.84 bits per heavy atom. The molecule has 0 spiro atoms. The molecule has 4 N–H and O–H groups in total. The van der Waals surface area contributed by atoms with Gasteiger partial charge in [-0.3, -0.25) is 19.1 Å². The third-order valence-corrected chi connectivity index (χ3v) is 10.6. The maximum absolute atomic E-state index is 14.1. The number of aromatic amines is 1. The Labute approximate surface area is 291 Å². The largest absolute Gasteiger partial charge is 0.380 e. The van der Waals surface area contributed by atoms with Crippen molar-refractivity contribution >= 4 is 40.4 Å². The van der Waals surface area contributed by atoms with Crippen LogP contribution >= 0.6 is 11.6 Å². The first-order valence-corrected chi connectivity index (χ1v) is 17.6. The Balaban J connectivity index is 1.40. The van der Waals surface area contributed by atoms with E-state index in [-0.39, 0.29) is 41.6 Å². The molecule has 2 aromatic carbocycles. The van der Waals surface area contributed by atoms with Crippen LogP contribution in [-0.2, 0) is 26.3 Å². The second-order valence-electron chi connectivity index (χ2n) is 14.0. The molecule has 0 bridgehead atoms. The maximum Gasteiger partial charge on any atom is 0.270 e. The van der Waals surface area contributed by atoms with E-state index in [1.165, 1.54) is 0 Å². The fourth-order valence-corrected chi connectivity index (χ4v) is 7.42. The molecule has 49 heavy (non-hydrogen) atoms. The summed E-state index contributed by atoms with van der Waals surface area (Å²) in [4.78, 5) is 49.4. The number of fused-ring (bicyclic) bond motifs is 1. The number of nitrogens with zero attached hydrogens (tertiary/aromatic N) is 3. The number of imidazole rings is 1. The van der Waals surface area contributed by atoms with E-state index in [0.29, 0.717) is 48.2 Å². The lowest BCUT2D eigenvalue weighted by Gasteiger charge is -2.33. The highest BCUT2D eigenvalue weighted by Gasteiger charge is 2.51. The van der Waals surface area contributed by atoms with Crippen LogP contribution in [-0.4, -0.2) is 63.3 Å². The highest BCUT2D eigenvalue weighted by molar-refractivity contribution is 6.31. The fourth-order valence-electron chi connectivity index (χ4n) is 7.17. The Bertz CT molecular complexity index is 1840. The number of hydrogen-bond donors (Lipinski definition) is 4. The normalized spacial score (nSPS) is 20.1. The average molecular weight is 688 g/mol. The molecule has 4 atom stereocenters. The first kappa shape index (κ1) is 34.6. The van der Waals surface area contributed by atoms with E-state index in [4.69, 9.17) is 21.3 Å². The Kier molecular flexibility index (Phi) is 9.86. The van der Waals surface area contributed by atoms with Gasteiger partial charge < -0.3 is 25.7 Å². The monoisotopic (exact) mass is 687 g/mol. The summed E-state index contributed by atoms with van der Waals surface area (Å²) in [7, 11) is 0. The SMILES string of the molecule is CCNC(=O)[C@H](NC(=O)C1(c2ccc3nc([C@@H](NC(=O)c4ccnn4CC)[C@H](c4ccccc4Cl)C4(C)CC4)[nH]c3c2)CCOC1)C(C)C. The predicted molar refractivity (Wildman–Crippen MR) is 188 cm³/mol. The number of hydrogen-bond acceptors (Lipinski definition) is 6. The van der Waals surface area contributed by atoms with Crippen LogP contribution in [0.5, 0.6) is 0 Å². The van der Waals surface area contributed by atoms with Crippen molar-refractivity contribution in [2.75, 3.05) is 19.8 Å². The van der Waals surface area contributed by atoms with Crippen molar-refractivity contribution in [2.24, 2.45) is 11.3 Å². The number of halogens is 1. The van der Waals surface area contributed by atoms with Crippen molar-refractivity contribution in [3.63, 3.8) is 0 Å². The first-order valence-electron chi connectivity index (χ1n) is 17.2. The average Bonchev–Trinajstić information content (AvgIpc) is 3.50. The van der Waals surface area contributed by atoms with Crippen LogP contribution in [0.15, 0.2) is 54.7 Å². The van der Waals surface area contributed by atoms with Gasteiger partial charge >= 0.3 is 0 Å². The number of benzene rings is 2. The van der Waals surface area contributed by atoms with E-state index in [2.05, 4.69) is 33.0 Å². The van der Waals surface area contributed by atoms with E-state index < -0.39 is 17.5 Å². The molecule has 2 aliphatic rings. The highest BCUT2D eigenvalue weighted by Crippen LogP contribution is 2.60. The lowest BCUT2D eigenvalue weighted by atomic mass is 9.78. The number of nitrogens with one attached hydrogen (secondary N) is 4. The van der Waals surface area contributed by atoms with Gasteiger partial charge in [0.15, 0.2) is 0 Å². The fraction of sp³-hybridized carbons (Fsp3) is 0.486. The smallest absolute Gasteiger partial charge is 0.270 e. The zero-order chi connectivity index (χ0) is 34.9. The minimum atomic E-state index is -0.979. The van der Waals surface area contributed by atoms with Crippen molar-refractivity contribution in [1.29, 1.82) is 0 Å². The number of aromatic nitrogens is 4. The Hall–Kier alpha value is -4.22. The summed E-state index contributed by atoms with van der Waals surface area (Å²) in [6.07, 6.45) is 4.07.